The molecule has 5 nitrogen and oxygen atoms in total. The van der Waals surface area contributed by atoms with Crippen LogP contribution in [-0.2, 0) is 14.8 Å². The van der Waals surface area contributed by atoms with Crippen LogP contribution in [0.15, 0.2) is 50.5 Å². The molecule has 2 rings (SSSR count). The van der Waals surface area contributed by atoms with Crippen molar-refractivity contribution in [2.75, 3.05) is 13.6 Å². The van der Waals surface area contributed by atoms with Gasteiger partial charge >= 0.3 is 0 Å². The lowest BCUT2D eigenvalue weighted by Gasteiger charge is -2.19. The molecule has 1 aromatic carbocycles. The normalized spacial score (nSPS) is 13.0. The lowest BCUT2D eigenvalue weighted by atomic mass is 10.1. The minimum atomic E-state index is -3.61. The molecule has 0 aliphatic rings. The van der Waals surface area contributed by atoms with Gasteiger partial charge in [-0.05, 0) is 36.1 Å². The van der Waals surface area contributed by atoms with E-state index < -0.39 is 10.0 Å². The van der Waals surface area contributed by atoms with E-state index in [1.807, 2.05) is 31.2 Å². The first-order valence-corrected chi connectivity index (χ1v) is 9.96. The second kappa shape index (κ2) is 7.57. The van der Waals surface area contributed by atoms with Crippen LogP contribution in [0.4, 0.5) is 0 Å². The molecule has 124 valence electrons. The zero-order valence-corrected chi connectivity index (χ0v) is 15.9. The Kier molecular flexibility index (Phi) is 5.96. The summed E-state index contributed by atoms with van der Waals surface area (Å²) in [6, 6.07) is 10.6. The summed E-state index contributed by atoms with van der Waals surface area (Å²) in [5.74, 6) is -0.344. The summed E-state index contributed by atoms with van der Waals surface area (Å²) in [5, 5.41) is 4.50. The highest BCUT2D eigenvalue weighted by atomic mass is 79.9. The molecule has 0 spiro atoms. The monoisotopic (exact) mass is 416 g/mol. The molecule has 0 fully saturated rings. The molecule has 1 atom stereocenters. The Balaban J connectivity index is 1.98. The van der Waals surface area contributed by atoms with Crippen LogP contribution in [0, 0.1) is 0 Å². The second-order valence-corrected chi connectivity index (χ2v) is 9.17. The van der Waals surface area contributed by atoms with Crippen LogP contribution in [0.1, 0.15) is 18.5 Å². The lowest BCUT2D eigenvalue weighted by Crippen LogP contribution is -2.39. The average Bonchev–Trinajstić information content (AvgIpc) is 3.02. The molecule has 0 bridgehead atoms. The number of carbonyl (C=O) groups is 1. The van der Waals surface area contributed by atoms with Crippen LogP contribution in [-0.4, -0.2) is 32.2 Å². The van der Waals surface area contributed by atoms with Gasteiger partial charge in [0.05, 0.1) is 12.6 Å². The summed E-state index contributed by atoms with van der Waals surface area (Å²) < 4.78 is 26.8. The predicted molar refractivity (Wildman–Crippen MR) is 94.8 cm³/mol. The third kappa shape index (κ3) is 4.63. The second-order valence-electron chi connectivity index (χ2n) is 5.03. The number of rotatable bonds is 6. The van der Waals surface area contributed by atoms with Crippen molar-refractivity contribution in [3.05, 3.63) is 51.8 Å². The zero-order chi connectivity index (χ0) is 17.0. The number of thiophene rings is 1. The van der Waals surface area contributed by atoms with E-state index in [2.05, 4.69) is 21.2 Å². The lowest BCUT2D eigenvalue weighted by molar-refractivity contribution is -0.121. The van der Waals surface area contributed by atoms with Gasteiger partial charge in [-0.3, -0.25) is 4.79 Å². The molecule has 0 aliphatic carbocycles. The Morgan fingerprint density at radius 1 is 1.30 bits per heavy atom. The number of hydrogen-bond acceptors (Lipinski definition) is 4. The minimum absolute atomic E-state index is 0.201. The van der Waals surface area contributed by atoms with Gasteiger partial charge in [-0.15, -0.1) is 11.3 Å². The third-order valence-corrected chi connectivity index (χ3v) is 6.98. The van der Waals surface area contributed by atoms with E-state index in [-0.39, 0.29) is 22.7 Å². The van der Waals surface area contributed by atoms with Crippen molar-refractivity contribution >= 4 is 43.2 Å². The highest BCUT2D eigenvalue weighted by molar-refractivity contribution is 9.10. The van der Waals surface area contributed by atoms with Crippen molar-refractivity contribution < 1.29 is 13.2 Å². The Labute approximate surface area is 148 Å². The highest BCUT2D eigenvalue weighted by Gasteiger charge is 2.24. The van der Waals surface area contributed by atoms with Gasteiger partial charge in [0.15, 0.2) is 0 Å². The fraction of sp³-hybridized carbons (Fsp3) is 0.267. The molecule has 23 heavy (non-hydrogen) atoms. The van der Waals surface area contributed by atoms with Crippen molar-refractivity contribution in [3.63, 3.8) is 0 Å². The van der Waals surface area contributed by atoms with Crippen LogP contribution in [0.5, 0.6) is 0 Å². The van der Waals surface area contributed by atoms with Gasteiger partial charge in [-0.1, -0.05) is 34.1 Å². The van der Waals surface area contributed by atoms with E-state index in [4.69, 9.17) is 0 Å². The van der Waals surface area contributed by atoms with Gasteiger partial charge in [0, 0.05) is 11.5 Å². The number of nitrogens with zero attached hydrogens (tertiary/aromatic N) is 1. The number of benzene rings is 1. The van der Waals surface area contributed by atoms with E-state index in [9.17, 15) is 13.2 Å². The maximum Gasteiger partial charge on any atom is 0.252 e. The molecule has 0 saturated carbocycles. The standard InChI is InChI=1S/C15H17BrN2O3S2/c1-11(12-5-7-13(16)8-6-12)17-14(19)10-18(2)23(20,21)15-4-3-9-22-15/h3-9,11H,10H2,1-2H3,(H,17,19)/t11-/m1/s1. The number of carbonyl (C=O) groups excluding carboxylic acids is 1. The Morgan fingerprint density at radius 2 is 1.96 bits per heavy atom. The Bertz CT molecular complexity index is 759. The molecule has 1 heterocycles. The molecule has 2 aromatic rings. The summed E-state index contributed by atoms with van der Waals surface area (Å²) in [6.07, 6.45) is 0. The molecule has 0 radical (unpaired) electrons. The van der Waals surface area contributed by atoms with Gasteiger partial charge in [0.25, 0.3) is 10.0 Å². The van der Waals surface area contributed by atoms with E-state index in [1.165, 1.54) is 13.1 Å². The molecular weight excluding hydrogens is 400 g/mol. The number of amides is 1. The molecular formula is C15H17BrN2O3S2. The maximum absolute atomic E-state index is 12.3. The van der Waals surface area contributed by atoms with E-state index in [0.29, 0.717) is 0 Å². The summed E-state index contributed by atoms with van der Waals surface area (Å²) in [5.41, 5.74) is 0.949. The number of sulfonamides is 1. The van der Waals surface area contributed by atoms with E-state index in [0.717, 1.165) is 25.7 Å². The van der Waals surface area contributed by atoms with Gasteiger partial charge in [-0.2, -0.15) is 4.31 Å². The SMILES string of the molecule is C[C@@H](NC(=O)CN(C)S(=O)(=O)c1cccs1)c1ccc(Br)cc1. The largest absolute Gasteiger partial charge is 0.348 e. The first-order valence-electron chi connectivity index (χ1n) is 6.85. The first kappa shape index (κ1) is 18.1. The average molecular weight is 417 g/mol. The van der Waals surface area contributed by atoms with Crippen molar-refractivity contribution in [1.82, 2.24) is 9.62 Å². The third-order valence-electron chi connectivity index (χ3n) is 3.27. The van der Waals surface area contributed by atoms with Crippen molar-refractivity contribution in [2.24, 2.45) is 0 Å². The Hall–Kier alpha value is -1.22. The van der Waals surface area contributed by atoms with E-state index >= 15 is 0 Å². The van der Waals surface area contributed by atoms with Crippen LogP contribution in [0.2, 0.25) is 0 Å². The summed E-state index contributed by atoms with van der Waals surface area (Å²) in [7, 11) is -2.21. The number of nitrogens with one attached hydrogen (secondary N) is 1. The topological polar surface area (TPSA) is 66.5 Å². The molecule has 0 unspecified atom stereocenters. The fourth-order valence-electron chi connectivity index (χ4n) is 1.97. The smallest absolute Gasteiger partial charge is 0.252 e. The molecule has 0 saturated heterocycles. The summed E-state index contributed by atoms with van der Waals surface area (Å²) in [4.78, 5) is 12.1. The van der Waals surface area contributed by atoms with Crippen LogP contribution in [0.25, 0.3) is 0 Å². The molecule has 0 aliphatic heterocycles. The maximum atomic E-state index is 12.3. The van der Waals surface area contributed by atoms with Crippen molar-refractivity contribution in [3.8, 4) is 0 Å². The number of halogens is 1. The van der Waals surface area contributed by atoms with Crippen LogP contribution >= 0.6 is 27.3 Å². The van der Waals surface area contributed by atoms with Gasteiger partial charge in [0.1, 0.15) is 4.21 Å². The summed E-state index contributed by atoms with van der Waals surface area (Å²) in [6.45, 7) is 1.63. The van der Waals surface area contributed by atoms with Crippen LogP contribution < -0.4 is 5.32 Å². The first-order chi connectivity index (χ1) is 10.8. The van der Waals surface area contributed by atoms with Gasteiger partial charge in [0.2, 0.25) is 5.91 Å². The predicted octanol–water partition coefficient (Wildman–Crippen LogP) is 3.01. The highest BCUT2D eigenvalue weighted by Crippen LogP contribution is 2.20. The van der Waals surface area contributed by atoms with Crippen LogP contribution in [0.3, 0.4) is 0 Å². The number of likely N-dealkylation sites (N-methyl/N-ethyl adjacent to an activating group) is 1. The summed E-state index contributed by atoms with van der Waals surface area (Å²) >= 11 is 4.49. The van der Waals surface area contributed by atoms with Gasteiger partial charge < -0.3 is 5.32 Å². The van der Waals surface area contributed by atoms with Crippen molar-refractivity contribution in [1.29, 1.82) is 0 Å². The van der Waals surface area contributed by atoms with E-state index in [1.54, 1.807) is 11.4 Å². The molecule has 8 heteroatoms. The Morgan fingerprint density at radius 3 is 2.52 bits per heavy atom. The minimum Gasteiger partial charge on any atom is -0.348 e. The van der Waals surface area contributed by atoms with Crippen molar-refractivity contribution in [2.45, 2.75) is 17.2 Å². The zero-order valence-electron chi connectivity index (χ0n) is 12.7. The molecule has 1 amide bonds. The molecule has 1 N–H and O–H groups in total. The molecule has 1 aromatic heterocycles. The quantitative estimate of drug-likeness (QED) is 0.786. The van der Waals surface area contributed by atoms with Gasteiger partial charge in [-0.25, -0.2) is 8.42 Å². The number of hydrogen-bond donors (Lipinski definition) is 1. The fourth-order valence-corrected chi connectivity index (χ4v) is 4.57.